The summed E-state index contributed by atoms with van der Waals surface area (Å²) in [6, 6.07) is 8.05. The number of hydrogen-bond acceptors (Lipinski definition) is 2. The largest absolute Gasteiger partial charge is 0.237 e. The molecule has 0 aliphatic heterocycles. The van der Waals surface area contributed by atoms with E-state index < -0.39 is 0 Å². The summed E-state index contributed by atoms with van der Waals surface area (Å²) in [6.07, 6.45) is 0.679. The minimum Gasteiger partial charge on any atom is -0.237 e. The van der Waals surface area contributed by atoms with Gasteiger partial charge < -0.3 is 0 Å². The summed E-state index contributed by atoms with van der Waals surface area (Å²) in [5.41, 5.74) is 2.08. The molecule has 0 aliphatic carbocycles. The standard InChI is InChI=1S/C12H9BrClIN2/c1-7-11(15)12(14)17-10(16-7)6-8-4-2-3-5-9(8)13/h2-5H,6H2,1H3. The monoisotopic (exact) mass is 422 g/mol. The normalized spacial score (nSPS) is 10.6. The van der Waals surface area contributed by atoms with Gasteiger partial charge in [-0.2, -0.15) is 0 Å². The second-order valence-electron chi connectivity index (χ2n) is 3.60. The predicted octanol–water partition coefficient (Wildman–Crippen LogP) is 4.40. The molecule has 0 unspecified atom stereocenters. The first kappa shape index (κ1) is 13.2. The van der Waals surface area contributed by atoms with Crippen LogP contribution in [0.25, 0.3) is 0 Å². The van der Waals surface area contributed by atoms with Crippen molar-refractivity contribution < 1.29 is 0 Å². The lowest BCUT2D eigenvalue weighted by Gasteiger charge is -2.06. The third-order valence-electron chi connectivity index (χ3n) is 2.33. The second-order valence-corrected chi connectivity index (χ2v) is 5.89. The first-order valence-electron chi connectivity index (χ1n) is 5.00. The Morgan fingerprint density at radius 3 is 2.65 bits per heavy atom. The van der Waals surface area contributed by atoms with E-state index in [1.54, 1.807) is 0 Å². The van der Waals surface area contributed by atoms with Crippen molar-refractivity contribution in [1.82, 2.24) is 9.97 Å². The molecule has 1 aromatic carbocycles. The molecule has 0 N–H and O–H groups in total. The van der Waals surface area contributed by atoms with Crippen molar-refractivity contribution in [3.05, 3.63) is 54.5 Å². The Kier molecular flexibility index (Phi) is 4.38. The lowest BCUT2D eigenvalue weighted by atomic mass is 10.1. The van der Waals surface area contributed by atoms with Gasteiger partial charge in [-0.15, -0.1) is 0 Å². The van der Waals surface area contributed by atoms with Gasteiger partial charge in [0.1, 0.15) is 11.0 Å². The molecule has 1 heterocycles. The van der Waals surface area contributed by atoms with Crippen molar-refractivity contribution in [2.75, 3.05) is 0 Å². The van der Waals surface area contributed by atoms with Crippen LogP contribution in [0.5, 0.6) is 0 Å². The molecule has 2 aromatic rings. The number of nitrogens with zero attached hydrogens (tertiary/aromatic N) is 2. The smallest absolute Gasteiger partial charge is 0.146 e. The van der Waals surface area contributed by atoms with Crippen LogP contribution < -0.4 is 0 Å². The first-order valence-corrected chi connectivity index (χ1v) is 7.25. The fourth-order valence-corrected chi connectivity index (χ4v) is 2.37. The Balaban J connectivity index is 2.34. The van der Waals surface area contributed by atoms with Crippen LogP contribution in [-0.4, -0.2) is 9.97 Å². The fraction of sp³-hybridized carbons (Fsp3) is 0.167. The summed E-state index contributed by atoms with van der Waals surface area (Å²) in [6.45, 7) is 1.94. The summed E-state index contributed by atoms with van der Waals surface area (Å²) in [5, 5.41) is 0.528. The Hall–Kier alpha value is -0.200. The van der Waals surface area contributed by atoms with Gasteiger partial charge in [-0.3, -0.25) is 0 Å². The van der Waals surface area contributed by atoms with E-state index in [1.807, 2.05) is 25.1 Å². The van der Waals surface area contributed by atoms with Gasteiger partial charge in [0.2, 0.25) is 0 Å². The molecular formula is C12H9BrClIN2. The van der Waals surface area contributed by atoms with Gasteiger partial charge in [0.15, 0.2) is 0 Å². The molecule has 0 atom stereocenters. The van der Waals surface area contributed by atoms with Crippen molar-refractivity contribution in [2.24, 2.45) is 0 Å². The van der Waals surface area contributed by atoms with Gasteiger partial charge in [-0.05, 0) is 41.1 Å². The zero-order valence-electron chi connectivity index (χ0n) is 9.04. The molecule has 0 radical (unpaired) electrons. The number of rotatable bonds is 2. The summed E-state index contributed by atoms with van der Waals surface area (Å²) in [4.78, 5) is 8.74. The summed E-state index contributed by atoms with van der Waals surface area (Å²) in [7, 11) is 0. The molecule has 17 heavy (non-hydrogen) atoms. The van der Waals surface area contributed by atoms with Gasteiger partial charge in [0.25, 0.3) is 0 Å². The van der Waals surface area contributed by atoms with Gasteiger partial charge >= 0.3 is 0 Å². The molecule has 0 spiro atoms. The van der Waals surface area contributed by atoms with Crippen molar-refractivity contribution in [3.63, 3.8) is 0 Å². The van der Waals surface area contributed by atoms with E-state index in [-0.39, 0.29) is 0 Å². The quantitative estimate of drug-likeness (QED) is 0.529. The van der Waals surface area contributed by atoms with Crippen LogP contribution in [0, 0.1) is 10.5 Å². The first-order chi connectivity index (χ1) is 8.08. The number of halogens is 3. The van der Waals surface area contributed by atoms with Crippen LogP contribution in [0.1, 0.15) is 17.1 Å². The van der Waals surface area contributed by atoms with Crippen LogP contribution in [0.3, 0.4) is 0 Å². The third kappa shape index (κ3) is 3.17. The summed E-state index contributed by atoms with van der Waals surface area (Å²) < 4.78 is 1.98. The van der Waals surface area contributed by atoms with Crippen LogP contribution in [0.15, 0.2) is 28.7 Å². The van der Waals surface area contributed by atoms with Crippen LogP contribution in [0.2, 0.25) is 5.15 Å². The number of hydrogen-bond donors (Lipinski definition) is 0. The average Bonchev–Trinajstić information content (AvgIpc) is 2.29. The van der Waals surface area contributed by atoms with Crippen molar-refractivity contribution >= 4 is 50.1 Å². The van der Waals surface area contributed by atoms with E-state index in [2.05, 4.69) is 54.6 Å². The average molecular weight is 423 g/mol. The molecule has 0 fully saturated rings. The lowest BCUT2D eigenvalue weighted by molar-refractivity contribution is 0.931. The molecule has 5 heteroatoms. The molecule has 0 amide bonds. The topological polar surface area (TPSA) is 25.8 Å². The zero-order chi connectivity index (χ0) is 12.4. The molecule has 0 bridgehead atoms. The SMILES string of the molecule is Cc1nc(Cc2ccccc2Br)nc(Cl)c1I. The molecule has 88 valence electrons. The number of benzene rings is 1. The molecule has 2 rings (SSSR count). The summed E-state index contributed by atoms with van der Waals surface area (Å²) >= 11 is 11.7. The highest BCUT2D eigenvalue weighted by Gasteiger charge is 2.09. The maximum atomic E-state index is 6.05. The van der Waals surface area contributed by atoms with E-state index in [1.165, 1.54) is 0 Å². The molecule has 0 aliphatic rings. The predicted molar refractivity (Wildman–Crippen MR) is 81.4 cm³/mol. The van der Waals surface area contributed by atoms with Crippen LogP contribution in [0.4, 0.5) is 0 Å². The van der Waals surface area contributed by atoms with Gasteiger partial charge in [-0.1, -0.05) is 45.7 Å². The molecule has 1 aromatic heterocycles. The zero-order valence-corrected chi connectivity index (χ0v) is 13.5. The maximum absolute atomic E-state index is 6.05. The third-order valence-corrected chi connectivity index (χ3v) is 4.99. The Labute approximate surface area is 127 Å². The maximum Gasteiger partial charge on any atom is 0.146 e. The van der Waals surface area contributed by atoms with Crippen molar-refractivity contribution in [2.45, 2.75) is 13.3 Å². The lowest BCUT2D eigenvalue weighted by Crippen LogP contribution is -2.01. The fourth-order valence-electron chi connectivity index (χ4n) is 1.47. The highest BCUT2D eigenvalue weighted by molar-refractivity contribution is 14.1. The Morgan fingerprint density at radius 1 is 1.29 bits per heavy atom. The number of aryl methyl sites for hydroxylation is 1. The number of aromatic nitrogens is 2. The molecule has 2 nitrogen and oxygen atoms in total. The Bertz CT molecular complexity index is 537. The van der Waals surface area contributed by atoms with E-state index in [4.69, 9.17) is 11.6 Å². The van der Waals surface area contributed by atoms with E-state index in [0.29, 0.717) is 11.6 Å². The van der Waals surface area contributed by atoms with Crippen LogP contribution >= 0.6 is 50.1 Å². The minimum absolute atomic E-state index is 0.528. The molecule has 0 saturated heterocycles. The summed E-state index contributed by atoms with van der Waals surface area (Å²) in [5.74, 6) is 0.750. The highest BCUT2D eigenvalue weighted by Crippen LogP contribution is 2.22. The van der Waals surface area contributed by atoms with Crippen molar-refractivity contribution in [1.29, 1.82) is 0 Å². The van der Waals surface area contributed by atoms with E-state index >= 15 is 0 Å². The molecule has 0 saturated carbocycles. The molecular weight excluding hydrogens is 414 g/mol. The van der Waals surface area contributed by atoms with E-state index in [0.717, 1.165) is 25.1 Å². The van der Waals surface area contributed by atoms with Crippen molar-refractivity contribution in [3.8, 4) is 0 Å². The van der Waals surface area contributed by atoms with Gasteiger partial charge in [0, 0.05) is 10.9 Å². The van der Waals surface area contributed by atoms with Gasteiger partial charge in [0.05, 0.1) is 9.26 Å². The minimum atomic E-state index is 0.528. The van der Waals surface area contributed by atoms with E-state index in [9.17, 15) is 0 Å². The highest BCUT2D eigenvalue weighted by atomic mass is 127. The van der Waals surface area contributed by atoms with Gasteiger partial charge in [-0.25, -0.2) is 9.97 Å². The van der Waals surface area contributed by atoms with Crippen LogP contribution in [-0.2, 0) is 6.42 Å². The Morgan fingerprint density at radius 2 is 2.00 bits per heavy atom. The second kappa shape index (κ2) is 5.63.